The summed E-state index contributed by atoms with van der Waals surface area (Å²) in [5.74, 6) is -0.314. The topological polar surface area (TPSA) is 21.3 Å². The Hall–Kier alpha value is -1.42. The first kappa shape index (κ1) is 15.0. The Labute approximate surface area is 123 Å². The van der Waals surface area contributed by atoms with Crippen LogP contribution in [0, 0.1) is 5.82 Å². The maximum absolute atomic E-state index is 12.9. The van der Waals surface area contributed by atoms with E-state index in [1.165, 1.54) is 17.7 Å². The minimum atomic E-state index is -0.314. The molecule has 0 saturated heterocycles. The highest BCUT2D eigenvalue weighted by Gasteiger charge is 2.02. The van der Waals surface area contributed by atoms with Crippen LogP contribution >= 0.6 is 11.6 Å². The predicted octanol–water partition coefficient (Wildman–Crippen LogP) is 3.92. The predicted molar refractivity (Wildman–Crippen MR) is 79.1 cm³/mol. The average molecular weight is 294 g/mol. The second-order valence-electron chi connectivity index (χ2n) is 4.59. The van der Waals surface area contributed by atoms with Crippen LogP contribution < -0.4 is 5.32 Å². The van der Waals surface area contributed by atoms with Gasteiger partial charge < -0.3 is 10.1 Å². The van der Waals surface area contributed by atoms with E-state index in [1.807, 2.05) is 12.1 Å². The summed E-state index contributed by atoms with van der Waals surface area (Å²) >= 11 is 5.98. The maximum Gasteiger partial charge on any atom is 0.124 e. The summed E-state index contributed by atoms with van der Waals surface area (Å²) in [6.07, 6.45) is 0. The van der Waals surface area contributed by atoms with E-state index in [1.54, 1.807) is 13.2 Å². The smallest absolute Gasteiger partial charge is 0.124 e. The van der Waals surface area contributed by atoms with E-state index < -0.39 is 0 Å². The summed E-state index contributed by atoms with van der Waals surface area (Å²) in [4.78, 5) is 0. The average Bonchev–Trinajstić information content (AvgIpc) is 2.42. The first-order valence-electron chi connectivity index (χ1n) is 6.40. The van der Waals surface area contributed by atoms with Crippen molar-refractivity contribution in [2.75, 3.05) is 7.11 Å². The molecule has 20 heavy (non-hydrogen) atoms. The van der Waals surface area contributed by atoms with E-state index in [9.17, 15) is 4.39 Å². The Balaban J connectivity index is 1.90. The van der Waals surface area contributed by atoms with Gasteiger partial charge in [-0.3, -0.25) is 0 Å². The molecule has 2 nitrogen and oxygen atoms in total. The first-order valence-corrected chi connectivity index (χ1v) is 6.78. The van der Waals surface area contributed by atoms with Gasteiger partial charge >= 0.3 is 0 Å². The van der Waals surface area contributed by atoms with Gasteiger partial charge in [-0.2, -0.15) is 0 Å². The summed E-state index contributed by atoms with van der Waals surface area (Å²) in [6, 6.07) is 12.6. The van der Waals surface area contributed by atoms with Crippen LogP contribution in [-0.2, 0) is 24.4 Å². The van der Waals surface area contributed by atoms with Crippen molar-refractivity contribution in [2.45, 2.75) is 19.7 Å². The minimum absolute atomic E-state index is 0.314. The summed E-state index contributed by atoms with van der Waals surface area (Å²) in [5.41, 5.74) is 3.21. The molecule has 0 radical (unpaired) electrons. The third-order valence-corrected chi connectivity index (χ3v) is 3.31. The molecule has 0 aliphatic heterocycles. The second-order valence-corrected chi connectivity index (χ2v) is 5.00. The largest absolute Gasteiger partial charge is 0.380 e. The maximum atomic E-state index is 12.9. The lowest BCUT2D eigenvalue weighted by Gasteiger charge is -2.08. The third-order valence-electron chi connectivity index (χ3n) is 2.96. The fraction of sp³-hybridized carbons (Fsp3) is 0.250. The number of nitrogens with one attached hydrogen (secondary N) is 1. The molecule has 0 bridgehead atoms. The van der Waals surface area contributed by atoms with E-state index in [0.29, 0.717) is 18.2 Å². The molecule has 0 heterocycles. The molecule has 4 heteroatoms. The van der Waals surface area contributed by atoms with Crippen LogP contribution in [0.2, 0.25) is 5.02 Å². The number of halogens is 2. The van der Waals surface area contributed by atoms with Gasteiger partial charge in [0.1, 0.15) is 5.82 Å². The number of benzene rings is 2. The van der Waals surface area contributed by atoms with E-state index in [2.05, 4.69) is 17.4 Å². The summed E-state index contributed by atoms with van der Waals surface area (Å²) in [7, 11) is 1.68. The van der Waals surface area contributed by atoms with E-state index in [0.717, 1.165) is 17.7 Å². The van der Waals surface area contributed by atoms with Gasteiger partial charge in [0.2, 0.25) is 0 Å². The Morgan fingerprint density at radius 1 is 1.10 bits per heavy atom. The van der Waals surface area contributed by atoms with Crippen molar-refractivity contribution in [3.8, 4) is 0 Å². The Morgan fingerprint density at radius 2 is 1.90 bits per heavy atom. The van der Waals surface area contributed by atoms with Gasteiger partial charge in [0.05, 0.1) is 6.61 Å². The molecular weight excluding hydrogens is 277 g/mol. The van der Waals surface area contributed by atoms with E-state index in [4.69, 9.17) is 16.3 Å². The highest BCUT2D eigenvalue weighted by atomic mass is 35.5. The fourth-order valence-electron chi connectivity index (χ4n) is 2.00. The van der Waals surface area contributed by atoms with Gasteiger partial charge in [0.25, 0.3) is 0 Å². The Morgan fingerprint density at radius 3 is 2.65 bits per heavy atom. The summed E-state index contributed by atoms with van der Waals surface area (Å²) in [5, 5.41) is 3.75. The van der Waals surface area contributed by atoms with Crippen LogP contribution in [0.4, 0.5) is 4.39 Å². The monoisotopic (exact) mass is 293 g/mol. The summed E-state index contributed by atoms with van der Waals surface area (Å²) in [6.45, 7) is 1.94. The van der Waals surface area contributed by atoms with E-state index in [-0.39, 0.29) is 5.82 Å². The van der Waals surface area contributed by atoms with Gasteiger partial charge in [-0.1, -0.05) is 41.9 Å². The van der Waals surface area contributed by atoms with Crippen LogP contribution in [0.5, 0.6) is 0 Å². The quantitative estimate of drug-likeness (QED) is 0.872. The molecule has 0 aliphatic carbocycles. The molecule has 0 atom stereocenters. The van der Waals surface area contributed by atoms with Gasteiger partial charge in [0, 0.05) is 25.2 Å². The van der Waals surface area contributed by atoms with Crippen molar-refractivity contribution in [1.82, 2.24) is 5.32 Å². The van der Waals surface area contributed by atoms with E-state index >= 15 is 0 Å². The zero-order valence-corrected chi connectivity index (χ0v) is 12.1. The number of hydrogen-bond donors (Lipinski definition) is 1. The molecule has 0 amide bonds. The molecule has 106 valence electrons. The van der Waals surface area contributed by atoms with Gasteiger partial charge in [0.15, 0.2) is 0 Å². The fourth-order valence-corrected chi connectivity index (χ4v) is 2.24. The molecule has 0 aliphatic rings. The van der Waals surface area contributed by atoms with Crippen molar-refractivity contribution in [3.05, 3.63) is 70.0 Å². The van der Waals surface area contributed by atoms with Crippen molar-refractivity contribution in [3.63, 3.8) is 0 Å². The zero-order valence-electron chi connectivity index (χ0n) is 11.3. The lowest BCUT2D eigenvalue weighted by Crippen LogP contribution is -2.13. The molecule has 0 spiro atoms. The van der Waals surface area contributed by atoms with Crippen LogP contribution in [0.25, 0.3) is 0 Å². The molecule has 0 unspecified atom stereocenters. The summed E-state index contributed by atoms with van der Waals surface area (Å²) < 4.78 is 18.0. The van der Waals surface area contributed by atoms with Gasteiger partial charge in [-0.05, 0) is 28.8 Å². The number of ether oxygens (including phenoxy) is 1. The third kappa shape index (κ3) is 4.30. The molecule has 2 aromatic carbocycles. The molecular formula is C16H17ClFNO. The number of hydrogen-bond acceptors (Lipinski definition) is 2. The highest BCUT2D eigenvalue weighted by Crippen LogP contribution is 2.17. The van der Waals surface area contributed by atoms with Crippen LogP contribution in [0.1, 0.15) is 16.7 Å². The molecule has 2 aromatic rings. The molecule has 2 rings (SSSR count). The van der Waals surface area contributed by atoms with Crippen LogP contribution in [0.3, 0.4) is 0 Å². The lowest BCUT2D eigenvalue weighted by atomic mass is 10.1. The number of rotatable bonds is 6. The SMILES string of the molecule is COCc1cccc(CNCc2ccc(F)cc2Cl)c1. The Kier molecular flexibility index (Phi) is 5.53. The van der Waals surface area contributed by atoms with Crippen molar-refractivity contribution in [1.29, 1.82) is 0 Å². The van der Waals surface area contributed by atoms with Crippen molar-refractivity contribution in [2.24, 2.45) is 0 Å². The molecule has 0 saturated carbocycles. The number of methoxy groups -OCH3 is 1. The van der Waals surface area contributed by atoms with Gasteiger partial charge in [-0.25, -0.2) is 4.39 Å². The molecule has 0 fully saturated rings. The molecule has 1 N–H and O–H groups in total. The normalized spacial score (nSPS) is 10.8. The zero-order chi connectivity index (χ0) is 14.4. The second kappa shape index (κ2) is 7.39. The highest BCUT2D eigenvalue weighted by molar-refractivity contribution is 6.31. The Bertz CT molecular complexity index is 574. The van der Waals surface area contributed by atoms with Crippen LogP contribution in [0.15, 0.2) is 42.5 Å². The van der Waals surface area contributed by atoms with Crippen molar-refractivity contribution < 1.29 is 9.13 Å². The molecule has 0 aromatic heterocycles. The minimum Gasteiger partial charge on any atom is -0.380 e. The first-order chi connectivity index (χ1) is 9.69. The van der Waals surface area contributed by atoms with Crippen LogP contribution in [-0.4, -0.2) is 7.11 Å². The standard InChI is InChI=1S/C16H17ClFNO/c1-20-11-13-4-2-3-12(7-13)9-19-10-14-5-6-15(18)8-16(14)17/h2-8,19H,9-11H2,1H3. The lowest BCUT2D eigenvalue weighted by molar-refractivity contribution is 0.185. The van der Waals surface area contributed by atoms with Crippen molar-refractivity contribution >= 4 is 11.6 Å². The van der Waals surface area contributed by atoms with Gasteiger partial charge in [-0.15, -0.1) is 0 Å².